The third-order valence-electron chi connectivity index (χ3n) is 3.76. The van der Waals surface area contributed by atoms with Gasteiger partial charge in [-0.05, 0) is 32.0 Å². The average Bonchev–Trinajstić information content (AvgIpc) is 2.88. The van der Waals surface area contributed by atoms with Crippen LogP contribution in [0.15, 0.2) is 28.8 Å². The highest BCUT2D eigenvalue weighted by Crippen LogP contribution is 2.18. The van der Waals surface area contributed by atoms with Crippen LogP contribution in [0.25, 0.3) is 0 Å². The van der Waals surface area contributed by atoms with E-state index in [-0.39, 0.29) is 18.3 Å². The van der Waals surface area contributed by atoms with Crippen LogP contribution < -0.4 is 15.5 Å². The summed E-state index contributed by atoms with van der Waals surface area (Å²) in [5, 5.41) is 6.12. The summed E-state index contributed by atoms with van der Waals surface area (Å²) in [5.74, 6) is 1.69. The van der Waals surface area contributed by atoms with E-state index in [1.807, 2.05) is 19.1 Å². The van der Waals surface area contributed by atoms with Crippen molar-refractivity contribution in [3.8, 4) is 0 Å². The standard InChI is InChI=1S/C16H20N4O2.ClH/c1-11-9-14(12(2)22-11)16(21)19-15-4-3-13(10-18-15)20-7-5-17-6-8-20;/h3-4,9-10,17H,5-8H2,1-2H3,(H,18,19,21);1H. The molecule has 2 aromatic rings. The molecule has 0 saturated carbocycles. The van der Waals surface area contributed by atoms with E-state index in [9.17, 15) is 4.79 Å². The summed E-state index contributed by atoms with van der Waals surface area (Å²) in [6, 6.07) is 5.55. The zero-order chi connectivity index (χ0) is 15.5. The van der Waals surface area contributed by atoms with E-state index >= 15 is 0 Å². The number of pyridine rings is 1. The van der Waals surface area contributed by atoms with Crippen LogP contribution >= 0.6 is 12.4 Å². The molecule has 1 aliphatic rings. The summed E-state index contributed by atoms with van der Waals surface area (Å²) in [7, 11) is 0. The lowest BCUT2D eigenvalue weighted by molar-refractivity contribution is 0.102. The molecule has 6 nitrogen and oxygen atoms in total. The minimum Gasteiger partial charge on any atom is -0.466 e. The predicted molar refractivity (Wildman–Crippen MR) is 92.7 cm³/mol. The van der Waals surface area contributed by atoms with E-state index in [4.69, 9.17) is 4.42 Å². The van der Waals surface area contributed by atoms with Crippen molar-refractivity contribution < 1.29 is 9.21 Å². The number of rotatable bonds is 3. The first kappa shape index (κ1) is 17.3. The second-order valence-electron chi connectivity index (χ2n) is 5.42. The Morgan fingerprint density at radius 2 is 2.04 bits per heavy atom. The fourth-order valence-corrected chi connectivity index (χ4v) is 2.61. The predicted octanol–water partition coefficient (Wildman–Crippen LogP) is 2.38. The number of carbonyl (C=O) groups is 1. The van der Waals surface area contributed by atoms with Gasteiger partial charge < -0.3 is 20.0 Å². The first-order chi connectivity index (χ1) is 10.6. The fraction of sp³-hybridized carbons (Fsp3) is 0.375. The lowest BCUT2D eigenvalue weighted by atomic mass is 10.2. The van der Waals surface area contributed by atoms with Crippen LogP contribution in [0.1, 0.15) is 21.9 Å². The number of carbonyl (C=O) groups excluding carboxylic acids is 1. The maximum absolute atomic E-state index is 12.2. The summed E-state index contributed by atoms with van der Waals surface area (Å²) in [6.45, 7) is 7.52. The van der Waals surface area contributed by atoms with Crippen LogP contribution in [-0.2, 0) is 0 Å². The molecule has 1 amide bonds. The Bertz CT molecular complexity index is 663. The number of furan rings is 1. The molecule has 0 radical (unpaired) electrons. The molecule has 1 fully saturated rings. The Balaban J connectivity index is 0.00000192. The molecule has 0 bridgehead atoms. The number of piperazine rings is 1. The number of nitrogens with one attached hydrogen (secondary N) is 2. The van der Waals surface area contributed by atoms with Crippen LogP contribution in [0.4, 0.5) is 11.5 Å². The minimum absolute atomic E-state index is 0. The maximum atomic E-state index is 12.2. The van der Waals surface area contributed by atoms with E-state index in [0.29, 0.717) is 17.1 Å². The average molecular weight is 337 g/mol. The molecule has 1 saturated heterocycles. The molecule has 3 heterocycles. The van der Waals surface area contributed by atoms with Gasteiger partial charge in [0.05, 0.1) is 17.4 Å². The van der Waals surface area contributed by atoms with Gasteiger partial charge in [0, 0.05) is 26.2 Å². The second kappa shape index (κ2) is 7.48. The molecule has 2 N–H and O–H groups in total. The molecule has 124 valence electrons. The van der Waals surface area contributed by atoms with E-state index in [1.54, 1.807) is 19.2 Å². The molecule has 0 unspecified atom stereocenters. The number of amides is 1. The third-order valence-corrected chi connectivity index (χ3v) is 3.76. The molecule has 2 aromatic heterocycles. The lowest BCUT2D eigenvalue weighted by Crippen LogP contribution is -2.43. The van der Waals surface area contributed by atoms with E-state index < -0.39 is 0 Å². The summed E-state index contributed by atoms with van der Waals surface area (Å²) < 4.78 is 5.38. The first-order valence-corrected chi connectivity index (χ1v) is 7.43. The van der Waals surface area contributed by atoms with Crippen molar-refractivity contribution in [3.05, 3.63) is 41.5 Å². The molecule has 0 aromatic carbocycles. The van der Waals surface area contributed by atoms with Crippen molar-refractivity contribution in [1.29, 1.82) is 0 Å². The van der Waals surface area contributed by atoms with Gasteiger partial charge in [0.25, 0.3) is 5.91 Å². The van der Waals surface area contributed by atoms with Crippen molar-refractivity contribution in [1.82, 2.24) is 10.3 Å². The van der Waals surface area contributed by atoms with E-state index in [2.05, 4.69) is 20.5 Å². The Hall–Kier alpha value is -2.05. The maximum Gasteiger partial charge on any atom is 0.260 e. The van der Waals surface area contributed by atoms with Gasteiger partial charge in [0.1, 0.15) is 17.3 Å². The summed E-state index contributed by atoms with van der Waals surface area (Å²) >= 11 is 0. The molecule has 23 heavy (non-hydrogen) atoms. The molecule has 0 spiro atoms. The van der Waals surface area contributed by atoms with Crippen molar-refractivity contribution in [2.24, 2.45) is 0 Å². The number of halogens is 1. The smallest absolute Gasteiger partial charge is 0.260 e. The second-order valence-corrected chi connectivity index (χ2v) is 5.42. The molecule has 3 rings (SSSR count). The topological polar surface area (TPSA) is 70.4 Å². The molecule has 1 aliphatic heterocycles. The van der Waals surface area contributed by atoms with E-state index in [0.717, 1.165) is 37.6 Å². The number of anilines is 2. The first-order valence-electron chi connectivity index (χ1n) is 7.43. The number of hydrogen-bond acceptors (Lipinski definition) is 5. The number of aryl methyl sites for hydroxylation is 2. The van der Waals surface area contributed by atoms with Gasteiger partial charge in [-0.25, -0.2) is 4.98 Å². The zero-order valence-corrected chi connectivity index (χ0v) is 14.1. The monoisotopic (exact) mass is 336 g/mol. The van der Waals surface area contributed by atoms with E-state index in [1.165, 1.54) is 0 Å². The molecule has 0 atom stereocenters. The van der Waals surface area contributed by atoms with Gasteiger partial charge in [-0.1, -0.05) is 0 Å². The minimum atomic E-state index is -0.197. The Labute approximate surface area is 141 Å². The van der Waals surface area contributed by atoms with Crippen LogP contribution in [0.2, 0.25) is 0 Å². The third kappa shape index (κ3) is 4.03. The van der Waals surface area contributed by atoms with Crippen LogP contribution in [0, 0.1) is 13.8 Å². The fourth-order valence-electron chi connectivity index (χ4n) is 2.61. The van der Waals surface area contributed by atoms with Gasteiger partial charge in [0.15, 0.2) is 0 Å². The van der Waals surface area contributed by atoms with Crippen molar-refractivity contribution >= 4 is 29.8 Å². The van der Waals surface area contributed by atoms with Gasteiger partial charge >= 0.3 is 0 Å². The van der Waals surface area contributed by atoms with Crippen LogP contribution in [0.5, 0.6) is 0 Å². The zero-order valence-electron chi connectivity index (χ0n) is 13.3. The van der Waals surface area contributed by atoms with Crippen molar-refractivity contribution in [2.75, 3.05) is 36.4 Å². The molecular weight excluding hydrogens is 316 g/mol. The normalized spacial score (nSPS) is 14.3. The number of aromatic nitrogens is 1. The largest absolute Gasteiger partial charge is 0.466 e. The Morgan fingerprint density at radius 3 is 2.61 bits per heavy atom. The van der Waals surface area contributed by atoms with Crippen LogP contribution in [0.3, 0.4) is 0 Å². The Kier molecular flexibility index (Phi) is 5.63. The van der Waals surface area contributed by atoms with Crippen molar-refractivity contribution in [2.45, 2.75) is 13.8 Å². The van der Waals surface area contributed by atoms with Gasteiger partial charge in [-0.15, -0.1) is 12.4 Å². The molecule has 0 aliphatic carbocycles. The highest BCUT2D eigenvalue weighted by molar-refractivity contribution is 6.04. The lowest BCUT2D eigenvalue weighted by Gasteiger charge is -2.29. The highest BCUT2D eigenvalue weighted by atomic mass is 35.5. The highest BCUT2D eigenvalue weighted by Gasteiger charge is 2.15. The van der Waals surface area contributed by atoms with Crippen LogP contribution in [-0.4, -0.2) is 37.1 Å². The number of hydrogen-bond donors (Lipinski definition) is 2. The van der Waals surface area contributed by atoms with Gasteiger partial charge in [-0.3, -0.25) is 4.79 Å². The molecular formula is C16H21ClN4O2. The summed E-state index contributed by atoms with van der Waals surface area (Å²) in [6.07, 6.45) is 1.80. The Morgan fingerprint density at radius 1 is 1.30 bits per heavy atom. The SMILES string of the molecule is Cc1cc(C(=O)Nc2ccc(N3CCNCC3)cn2)c(C)o1.Cl. The summed E-state index contributed by atoms with van der Waals surface area (Å²) in [5.41, 5.74) is 1.63. The summed E-state index contributed by atoms with van der Waals surface area (Å²) in [4.78, 5) is 18.8. The molecule has 7 heteroatoms. The number of nitrogens with zero attached hydrogens (tertiary/aromatic N) is 2. The van der Waals surface area contributed by atoms with Crippen molar-refractivity contribution in [3.63, 3.8) is 0 Å². The van der Waals surface area contributed by atoms with Gasteiger partial charge in [0.2, 0.25) is 0 Å². The van der Waals surface area contributed by atoms with Gasteiger partial charge in [-0.2, -0.15) is 0 Å². The quantitative estimate of drug-likeness (QED) is 0.900.